The Morgan fingerprint density at radius 1 is 0.897 bits per heavy atom. The maximum Gasteiger partial charge on any atom is 0.226 e. The van der Waals surface area contributed by atoms with Crippen molar-refractivity contribution in [2.45, 2.75) is 48.0 Å². The van der Waals surface area contributed by atoms with Gasteiger partial charge in [-0.25, -0.2) is 0 Å². The average Bonchev–Trinajstić information content (AvgIpc) is 2.66. The Hall–Kier alpha value is -2.82. The van der Waals surface area contributed by atoms with Crippen LogP contribution in [0.1, 0.15) is 43.9 Å². The van der Waals surface area contributed by atoms with E-state index in [9.17, 15) is 9.59 Å². The van der Waals surface area contributed by atoms with Crippen molar-refractivity contribution < 1.29 is 9.59 Å². The minimum Gasteiger partial charge on any atom is -0.372 e. The summed E-state index contributed by atoms with van der Waals surface area (Å²) >= 11 is 0. The number of nitrogens with one attached hydrogen (secondary N) is 1. The molecule has 0 saturated carbocycles. The maximum absolute atomic E-state index is 12.5. The fourth-order valence-electron chi connectivity index (χ4n) is 3.69. The Morgan fingerprint density at radius 3 is 1.90 bits per heavy atom. The van der Waals surface area contributed by atoms with E-state index in [4.69, 9.17) is 0 Å². The summed E-state index contributed by atoms with van der Waals surface area (Å²) in [4.78, 5) is 28.6. The van der Waals surface area contributed by atoms with Crippen LogP contribution < -0.4 is 15.1 Å². The molecule has 2 aromatic rings. The molecule has 0 saturated heterocycles. The van der Waals surface area contributed by atoms with E-state index in [0.29, 0.717) is 6.54 Å². The second-order valence-corrected chi connectivity index (χ2v) is 7.43. The van der Waals surface area contributed by atoms with Crippen molar-refractivity contribution in [3.05, 3.63) is 53.1 Å². The van der Waals surface area contributed by atoms with Gasteiger partial charge in [-0.3, -0.25) is 9.59 Å². The molecule has 0 spiro atoms. The predicted octanol–water partition coefficient (Wildman–Crippen LogP) is 4.84. The van der Waals surface area contributed by atoms with Crippen LogP contribution in [0, 0.1) is 20.8 Å². The molecule has 0 aromatic heterocycles. The first-order chi connectivity index (χ1) is 13.8. The van der Waals surface area contributed by atoms with Gasteiger partial charge in [0.2, 0.25) is 11.8 Å². The lowest BCUT2D eigenvalue weighted by Gasteiger charge is -2.24. The quantitative estimate of drug-likeness (QED) is 0.696. The number of benzene rings is 2. The summed E-state index contributed by atoms with van der Waals surface area (Å²) in [5, 5.41) is 3.01. The van der Waals surface area contributed by atoms with Gasteiger partial charge in [0.1, 0.15) is 0 Å². The van der Waals surface area contributed by atoms with Gasteiger partial charge >= 0.3 is 0 Å². The number of aryl methyl sites for hydroxylation is 3. The number of carbonyl (C=O) groups is 2. The third-order valence-corrected chi connectivity index (χ3v) is 5.17. The van der Waals surface area contributed by atoms with E-state index in [-0.39, 0.29) is 18.2 Å². The van der Waals surface area contributed by atoms with Crippen LogP contribution >= 0.6 is 0 Å². The first-order valence-corrected chi connectivity index (χ1v) is 10.3. The van der Waals surface area contributed by atoms with Crippen LogP contribution in [-0.2, 0) is 9.59 Å². The molecule has 0 radical (unpaired) electrons. The largest absolute Gasteiger partial charge is 0.372 e. The Morgan fingerprint density at radius 2 is 1.41 bits per heavy atom. The van der Waals surface area contributed by atoms with Crippen LogP contribution in [0.4, 0.5) is 17.1 Å². The zero-order valence-electron chi connectivity index (χ0n) is 18.5. The van der Waals surface area contributed by atoms with Crippen molar-refractivity contribution in [1.29, 1.82) is 0 Å². The Bertz CT molecular complexity index is 832. The van der Waals surface area contributed by atoms with E-state index in [2.05, 4.69) is 36.2 Å². The van der Waals surface area contributed by atoms with Crippen molar-refractivity contribution in [3.8, 4) is 0 Å². The summed E-state index contributed by atoms with van der Waals surface area (Å²) in [5.74, 6) is -0.165. The van der Waals surface area contributed by atoms with Crippen LogP contribution in [0.25, 0.3) is 0 Å². The molecule has 5 heteroatoms. The van der Waals surface area contributed by atoms with Gasteiger partial charge in [-0.2, -0.15) is 0 Å². The molecule has 0 bridgehead atoms. The first kappa shape index (κ1) is 22.5. The molecule has 0 aliphatic carbocycles. The summed E-state index contributed by atoms with van der Waals surface area (Å²) in [6, 6.07) is 12.1. The first-order valence-electron chi connectivity index (χ1n) is 10.3. The van der Waals surface area contributed by atoms with E-state index in [1.807, 2.05) is 45.0 Å². The topological polar surface area (TPSA) is 52.6 Å². The molecule has 156 valence electrons. The third kappa shape index (κ3) is 5.83. The fourth-order valence-corrected chi connectivity index (χ4v) is 3.69. The van der Waals surface area contributed by atoms with E-state index < -0.39 is 0 Å². The Balaban J connectivity index is 2.06. The molecule has 0 aliphatic rings. The van der Waals surface area contributed by atoms with Crippen LogP contribution in [0.15, 0.2) is 36.4 Å². The van der Waals surface area contributed by atoms with Crippen molar-refractivity contribution >= 4 is 28.9 Å². The van der Waals surface area contributed by atoms with E-state index in [0.717, 1.165) is 41.3 Å². The van der Waals surface area contributed by atoms with Gasteiger partial charge in [-0.15, -0.1) is 0 Å². The summed E-state index contributed by atoms with van der Waals surface area (Å²) < 4.78 is 0. The van der Waals surface area contributed by atoms with Crippen LogP contribution in [-0.4, -0.2) is 31.4 Å². The molecule has 29 heavy (non-hydrogen) atoms. The molecule has 0 unspecified atom stereocenters. The highest BCUT2D eigenvalue weighted by atomic mass is 16.2. The Labute approximate surface area is 174 Å². The lowest BCUT2D eigenvalue weighted by atomic mass is 10.0. The molecule has 0 aliphatic heterocycles. The summed E-state index contributed by atoms with van der Waals surface area (Å²) in [7, 11) is 0. The molecule has 2 amide bonds. The normalized spacial score (nSPS) is 10.6. The van der Waals surface area contributed by atoms with E-state index in [1.54, 1.807) is 4.90 Å². The van der Waals surface area contributed by atoms with Crippen molar-refractivity contribution in [1.82, 2.24) is 0 Å². The molecule has 2 rings (SSSR count). The van der Waals surface area contributed by atoms with Crippen LogP contribution in [0.3, 0.4) is 0 Å². The number of amides is 2. The lowest BCUT2D eigenvalue weighted by molar-refractivity contribution is -0.117. The SMILES string of the molecule is CCN(CC)c1ccc(N(CCC(=O)Nc2c(C)cc(C)cc2C)C(C)=O)cc1. The number of hydrogen-bond donors (Lipinski definition) is 1. The molecule has 2 aromatic carbocycles. The molecular formula is C24H33N3O2. The summed E-state index contributed by atoms with van der Waals surface area (Å²) in [5.41, 5.74) is 6.07. The van der Waals surface area contributed by atoms with Gasteiger partial charge in [0.25, 0.3) is 0 Å². The lowest BCUT2D eigenvalue weighted by Crippen LogP contribution is -2.32. The molecule has 0 heterocycles. The van der Waals surface area contributed by atoms with Gasteiger partial charge in [0.15, 0.2) is 0 Å². The molecular weight excluding hydrogens is 362 g/mol. The molecule has 5 nitrogen and oxygen atoms in total. The predicted molar refractivity (Wildman–Crippen MR) is 122 cm³/mol. The van der Waals surface area contributed by atoms with Gasteiger partial charge in [-0.1, -0.05) is 17.7 Å². The van der Waals surface area contributed by atoms with Gasteiger partial charge < -0.3 is 15.1 Å². The van der Waals surface area contributed by atoms with E-state index >= 15 is 0 Å². The maximum atomic E-state index is 12.5. The molecule has 0 fully saturated rings. The monoisotopic (exact) mass is 395 g/mol. The third-order valence-electron chi connectivity index (χ3n) is 5.17. The van der Waals surface area contributed by atoms with Crippen molar-refractivity contribution in [2.75, 3.05) is 34.8 Å². The zero-order valence-corrected chi connectivity index (χ0v) is 18.5. The minimum absolute atomic E-state index is 0.0731. The second kappa shape index (κ2) is 10.1. The number of anilines is 3. The highest BCUT2D eigenvalue weighted by molar-refractivity contribution is 5.95. The highest BCUT2D eigenvalue weighted by Gasteiger charge is 2.15. The average molecular weight is 396 g/mol. The number of carbonyl (C=O) groups excluding carboxylic acids is 2. The number of hydrogen-bond acceptors (Lipinski definition) is 3. The second-order valence-electron chi connectivity index (χ2n) is 7.43. The smallest absolute Gasteiger partial charge is 0.226 e. The van der Waals surface area contributed by atoms with Gasteiger partial charge in [0.05, 0.1) is 0 Å². The molecule has 1 N–H and O–H groups in total. The van der Waals surface area contributed by atoms with Crippen molar-refractivity contribution in [2.24, 2.45) is 0 Å². The fraction of sp³-hybridized carbons (Fsp3) is 0.417. The molecule has 0 atom stereocenters. The summed E-state index contributed by atoms with van der Waals surface area (Å²) in [6.45, 7) is 14.0. The van der Waals surface area contributed by atoms with Crippen LogP contribution in [0.5, 0.6) is 0 Å². The highest BCUT2D eigenvalue weighted by Crippen LogP contribution is 2.23. The van der Waals surface area contributed by atoms with Gasteiger partial charge in [0, 0.05) is 50.0 Å². The summed E-state index contributed by atoms with van der Waals surface area (Å²) in [6.07, 6.45) is 0.240. The van der Waals surface area contributed by atoms with Gasteiger partial charge in [-0.05, 0) is 70.0 Å². The number of nitrogens with zero attached hydrogens (tertiary/aromatic N) is 2. The standard InChI is InChI=1S/C24H33N3O2/c1-7-26(8-2)21-9-11-22(12-10-21)27(20(6)28)14-13-23(29)25-24-18(4)15-17(3)16-19(24)5/h9-12,15-16H,7-8,13-14H2,1-6H3,(H,25,29). The van der Waals surface area contributed by atoms with E-state index in [1.165, 1.54) is 12.5 Å². The zero-order chi connectivity index (χ0) is 21.6. The Kier molecular flexibility index (Phi) is 7.82. The van der Waals surface area contributed by atoms with Crippen molar-refractivity contribution in [3.63, 3.8) is 0 Å². The minimum atomic E-state index is -0.0916. The van der Waals surface area contributed by atoms with Crippen LogP contribution in [0.2, 0.25) is 0 Å². The number of rotatable bonds is 8.